The van der Waals surface area contributed by atoms with Crippen molar-refractivity contribution in [3.63, 3.8) is 0 Å². The van der Waals surface area contributed by atoms with Crippen LogP contribution in [0.1, 0.15) is 41.4 Å². The molecule has 11 heteroatoms. The number of rotatable bonds is 0. The summed E-state index contributed by atoms with van der Waals surface area (Å²) in [4.78, 5) is 79.8. The molecule has 0 saturated carbocycles. The molecule has 2 aliphatic rings. The molecule has 0 unspecified atom stereocenters. The van der Waals surface area contributed by atoms with Gasteiger partial charge in [0.05, 0.1) is 22.3 Å². The molecule has 28 heavy (non-hydrogen) atoms. The number of carbonyl (C=O) groups excluding carboxylic acids is 5. The van der Waals surface area contributed by atoms with E-state index in [9.17, 15) is 24.0 Å². The zero-order chi connectivity index (χ0) is 19.8. The van der Waals surface area contributed by atoms with Gasteiger partial charge in [-0.2, -0.15) is 0 Å². The minimum absolute atomic E-state index is 0.152. The smallest absolute Gasteiger partial charge is 0.296 e. The van der Waals surface area contributed by atoms with Crippen LogP contribution in [0.15, 0.2) is 48.5 Å². The lowest BCUT2D eigenvalue weighted by Gasteiger charge is -2.21. The average molecular weight is 384 g/mol. The van der Waals surface area contributed by atoms with Crippen LogP contribution >= 0.6 is 0 Å². The number of carbonyl (C=O) groups is 5. The van der Waals surface area contributed by atoms with E-state index in [2.05, 4.69) is 19.4 Å². The average Bonchev–Trinajstić information content (AvgIpc) is 2.91. The van der Waals surface area contributed by atoms with Gasteiger partial charge < -0.3 is 0 Å². The van der Waals surface area contributed by atoms with E-state index in [-0.39, 0.29) is 32.7 Å². The minimum atomic E-state index is -1.57. The third-order valence-electron chi connectivity index (χ3n) is 3.71. The standard InChI is InChI=1S/C17H8N2O9/c20-13-9-5-1-2-6-10(9)14(21)26-18(25-13)17(24)19-27-15(22)11-7-3-4-8-12(11)16(23)28-19/h1-8H. The predicted octanol–water partition coefficient (Wildman–Crippen LogP) is 1.43. The fraction of sp³-hybridized carbons (Fsp3) is 0. The maximum absolute atomic E-state index is 12.5. The summed E-state index contributed by atoms with van der Waals surface area (Å²) < 4.78 is 0. The molecule has 0 N–H and O–H groups in total. The van der Waals surface area contributed by atoms with Gasteiger partial charge in [-0.05, 0) is 24.3 Å². The van der Waals surface area contributed by atoms with Gasteiger partial charge in [-0.25, -0.2) is 24.0 Å². The molecule has 2 aromatic carbocycles. The van der Waals surface area contributed by atoms with E-state index in [1.54, 1.807) is 0 Å². The number of amides is 2. The Labute approximate surface area is 155 Å². The van der Waals surface area contributed by atoms with Crippen LogP contribution in [0.25, 0.3) is 0 Å². The van der Waals surface area contributed by atoms with Crippen molar-refractivity contribution in [1.29, 1.82) is 0 Å². The van der Waals surface area contributed by atoms with E-state index in [1.165, 1.54) is 48.5 Å². The van der Waals surface area contributed by atoms with Crippen LogP contribution in [-0.4, -0.2) is 40.4 Å². The molecule has 0 spiro atoms. The van der Waals surface area contributed by atoms with Gasteiger partial charge in [0.2, 0.25) is 0 Å². The molecule has 140 valence electrons. The third-order valence-corrected chi connectivity index (χ3v) is 3.71. The Morgan fingerprint density at radius 3 is 1.04 bits per heavy atom. The molecule has 0 radical (unpaired) electrons. The number of urea groups is 1. The number of nitrogens with zero attached hydrogens (tertiary/aromatic N) is 2. The van der Waals surface area contributed by atoms with Gasteiger partial charge >= 0.3 is 29.9 Å². The normalized spacial score (nSPS) is 15.9. The Morgan fingerprint density at radius 2 is 0.786 bits per heavy atom. The Balaban J connectivity index is 1.60. The van der Waals surface area contributed by atoms with E-state index in [4.69, 9.17) is 0 Å². The molecule has 2 heterocycles. The van der Waals surface area contributed by atoms with Crippen LogP contribution < -0.4 is 0 Å². The van der Waals surface area contributed by atoms with Crippen molar-refractivity contribution < 1.29 is 43.3 Å². The van der Waals surface area contributed by atoms with Crippen molar-refractivity contribution in [2.75, 3.05) is 0 Å². The highest BCUT2D eigenvalue weighted by molar-refractivity contribution is 6.06. The lowest BCUT2D eigenvalue weighted by Crippen LogP contribution is -2.45. The molecule has 4 rings (SSSR count). The summed E-state index contributed by atoms with van der Waals surface area (Å²) in [7, 11) is 0. The fourth-order valence-electron chi connectivity index (χ4n) is 2.44. The van der Waals surface area contributed by atoms with E-state index < -0.39 is 29.9 Å². The first-order valence-electron chi connectivity index (χ1n) is 7.67. The maximum Gasteiger partial charge on any atom is 0.460 e. The summed E-state index contributed by atoms with van der Waals surface area (Å²) in [6.07, 6.45) is 0. The van der Waals surface area contributed by atoms with Crippen molar-refractivity contribution in [3.8, 4) is 0 Å². The second-order valence-corrected chi connectivity index (χ2v) is 5.40. The number of hydrogen-bond acceptors (Lipinski definition) is 9. The maximum atomic E-state index is 12.5. The number of fused-ring (bicyclic) bond motifs is 2. The van der Waals surface area contributed by atoms with Crippen LogP contribution in [0, 0.1) is 0 Å². The highest BCUT2D eigenvalue weighted by Gasteiger charge is 2.41. The summed E-state index contributed by atoms with van der Waals surface area (Å²) in [6, 6.07) is 9.47. The zero-order valence-corrected chi connectivity index (χ0v) is 13.7. The van der Waals surface area contributed by atoms with Gasteiger partial charge in [-0.3, -0.25) is 19.4 Å². The van der Waals surface area contributed by atoms with Crippen molar-refractivity contribution in [1.82, 2.24) is 10.5 Å². The fourth-order valence-corrected chi connectivity index (χ4v) is 2.44. The second kappa shape index (κ2) is 6.39. The van der Waals surface area contributed by atoms with Gasteiger partial charge in [-0.1, -0.05) is 24.3 Å². The molecule has 0 atom stereocenters. The van der Waals surface area contributed by atoms with Crippen molar-refractivity contribution >= 4 is 29.9 Å². The van der Waals surface area contributed by atoms with E-state index >= 15 is 0 Å². The van der Waals surface area contributed by atoms with E-state index in [1.807, 2.05) is 0 Å². The van der Waals surface area contributed by atoms with Gasteiger partial charge in [-0.15, -0.1) is 0 Å². The van der Waals surface area contributed by atoms with Crippen LogP contribution in [0.4, 0.5) is 4.79 Å². The molecular formula is C17H8N2O9. The Morgan fingerprint density at radius 1 is 0.536 bits per heavy atom. The molecule has 2 amide bonds. The number of hydrogen-bond donors (Lipinski definition) is 0. The van der Waals surface area contributed by atoms with Crippen molar-refractivity contribution in [3.05, 3.63) is 70.8 Å². The second-order valence-electron chi connectivity index (χ2n) is 5.40. The topological polar surface area (TPSA) is 129 Å². The Bertz CT molecular complexity index is 893. The Hall–Kier alpha value is -4.41. The molecular weight excluding hydrogens is 376 g/mol. The predicted molar refractivity (Wildman–Crippen MR) is 83.6 cm³/mol. The van der Waals surface area contributed by atoms with E-state index in [0.29, 0.717) is 0 Å². The van der Waals surface area contributed by atoms with Gasteiger partial charge in [0, 0.05) is 10.5 Å². The summed E-state index contributed by atoms with van der Waals surface area (Å²) in [5.74, 6) is -4.37. The van der Waals surface area contributed by atoms with Gasteiger partial charge in [0.1, 0.15) is 0 Å². The van der Waals surface area contributed by atoms with Crippen molar-refractivity contribution in [2.45, 2.75) is 0 Å². The largest absolute Gasteiger partial charge is 0.460 e. The zero-order valence-electron chi connectivity index (χ0n) is 13.7. The molecule has 0 aromatic heterocycles. The quantitative estimate of drug-likeness (QED) is 0.662. The highest BCUT2D eigenvalue weighted by Crippen LogP contribution is 2.22. The van der Waals surface area contributed by atoms with Gasteiger partial charge in [0.25, 0.3) is 0 Å². The lowest BCUT2D eigenvalue weighted by molar-refractivity contribution is -0.315. The first-order chi connectivity index (χ1) is 13.5. The van der Waals surface area contributed by atoms with Crippen molar-refractivity contribution in [2.24, 2.45) is 0 Å². The van der Waals surface area contributed by atoms with E-state index in [0.717, 1.165) is 0 Å². The monoisotopic (exact) mass is 384 g/mol. The van der Waals surface area contributed by atoms with Crippen LogP contribution in [0.3, 0.4) is 0 Å². The van der Waals surface area contributed by atoms with Gasteiger partial charge in [0.15, 0.2) is 0 Å². The SMILES string of the molecule is O=C1ON(C(=O)N2OC(=O)c3ccccc3C(=O)O2)OC(=O)c2ccccc21. The number of hydroxylamine groups is 4. The van der Waals surface area contributed by atoms with Crippen LogP contribution in [0.5, 0.6) is 0 Å². The van der Waals surface area contributed by atoms with Crippen LogP contribution in [0.2, 0.25) is 0 Å². The lowest BCUT2D eigenvalue weighted by atomic mass is 10.1. The molecule has 0 fully saturated rings. The molecule has 2 aliphatic heterocycles. The number of benzene rings is 2. The molecule has 0 bridgehead atoms. The van der Waals surface area contributed by atoms with Crippen LogP contribution in [-0.2, 0) is 19.4 Å². The Kier molecular flexibility index (Phi) is 3.89. The molecule has 11 nitrogen and oxygen atoms in total. The summed E-state index contributed by atoms with van der Waals surface area (Å²) in [5, 5.41) is -0.303. The first-order valence-corrected chi connectivity index (χ1v) is 7.67. The minimum Gasteiger partial charge on any atom is -0.296 e. The summed E-state index contributed by atoms with van der Waals surface area (Å²) in [5.41, 5.74) is -0.611. The molecule has 0 aliphatic carbocycles. The summed E-state index contributed by atoms with van der Waals surface area (Å²) >= 11 is 0. The highest BCUT2D eigenvalue weighted by atomic mass is 17.0. The first kappa shape index (κ1) is 17.0. The third kappa shape index (κ3) is 2.76. The molecule has 0 saturated heterocycles. The molecule has 2 aromatic rings. The summed E-state index contributed by atoms with van der Waals surface area (Å²) in [6.45, 7) is 0.